The first-order valence-electron chi connectivity index (χ1n) is 11.0. The molecule has 2 amide bonds. The molecule has 11 heteroatoms. The maximum Gasteiger partial charge on any atom is 0.433 e. The van der Waals surface area contributed by atoms with E-state index in [1.54, 1.807) is 0 Å². The highest BCUT2D eigenvalue weighted by molar-refractivity contribution is 5.81. The summed E-state index contributed by atoms with van der Waals surface area (Å²) in [7, 11) is 0. The van der Waals surface area contributed by atoms with E-state index in [0.29, 0.717) is 25.2 Å². The van der Waals surface area contributed by atoms with Gasteiger partial charge in [0.05, 0.1) is 12.1 Å². The van der Waals surface area contributed by atoms with E-state index < -0.39 is 35.5 Å². The number of rotatable bonds is 4. The molecule has 1 aliphatic heterocycles. The number of carbonyl (C=O) groups is 2. The fourth-order valence-electron chi connectivity index (χ4n) is 7.35. The summed E-state index contributed by atoms with van der Waals surface area (Å²) in [6, 6.07) is -0.00528. The smallest absolute Gasteiger partial charge is 0.433 e. The molecule has 4 N–H and O–H groups in total. The van der Waals surface area contributed by atoms with Crippen LogP contribution in [0.1, 0.15) is 44.2 Å². The Labute approximate surface area is 182 Å². The van der Waals surface area contributed by atoms with Crippen LogP contribution in [-0.2, 0) is 11.0 Å². The van der Waals surface area contributed by atoms with Crippen molar-refractivity contribution in [2.75, 3.05) is 11.9 Å². The van der Waals surface area contributed by atoms with Crippen molar-refractivity contribution >= 4 is 17.9 Å². The topological polar surface area (TPSA) is 121 Å². The van der Waals surface area contributed by atoms with Crippen molar-refractivity contribution in [1.29, 1.82) is 0 Å². The second kappa shape index (κ2) is 7.21. The molecule has 6 rings (SSSR count). The molecular formula is C21H26F3N5O3. The maximum absolute atomic E-state index is 13.1. The molecule has 1 aromatic heterocycles. The Kier molecular flexibility index (Phi) is 4.79. The molecule has 174 valence electrons. The summed E-state index contributed by atoms with van der Waals surface area (Å²) in [5.74, 6) is 0.384. The van der Waals surface area contributed by atoms with Crippen molar-refractivity contribution in [1.82, 2.24) is 14.9 Å². The van der Waals surface area contributed by atoms with E-state index in [4.69, 9.17) is 5.73 Å². The van der Waals surface area contributed by atoms with Crippen LogP contribution in [0.15, 0.2) is 12.3 Å². The maximum atomic E-state index is 13.1. The fourth-order valence-corrected chi connectivity index (χ4v) is 7.35. The van der Waals surface area contributed by atoms with Gasteiger partial charge in [-0.15, -0.1) is 0 Å². The van der Waals surface area contributed by atoms with Gasteiger partial charge in [0, 0.05) is 18.2 Å². The molecule has 5 aliphatic rings. The number of carbonyl (C=O) groups excluding carboxylic acids is 1. The number of carboxylic acid groups (broad SMARTS) is 1. The van der Waals surface area contributed by atoms with E-state index in [9.17, 15) is 27.9 Å². The molecule has 0 spiro atoms. The predicted octanol–water partition coefficient (Wildman–Crippen LogP) is 2.96. The summed E-state index contributed by atoms with van der Waals surface area (Å²) in [6.07, 6.45) is -0.107. The number of halogens is 3. The highest BCUT2D eigenvalue weighted by Gasteiger charge is 2.61. The van der Waals surface area contributed by atoms with Gasteiger partial charge >= 0.3 is 12.3 Å². The number of hydrogen-bond donors (Lipinski definition) is 3. The Bertz CT molecular complexity index is 926. The van der Waals surface area contributed by atoms with Gasteiger partial charge in [-0.25, -0.2) is 14.8 Å². The number of hydrogen-bond acceptors (Lipinski definition) is 5. The molecule has 1 saturated heterocycles. The first-order chi connectivity index (χ1) is 15.1. The molecule has 1 aromatic rings. The number of aromatic nitrogens is 2. The minimum Gasteiger partial charge on any atom is -0.465 e. The van der Waals surface area contributed by atoms with Crippen molar-refractivity contribution < 1.29 is 27.9 Å². The largest absolute Gasteiger partial charge is 0.465 e. The molecule has 4 saturated carbocycles. The molecule has 2 heterocycles. The number of amides is 2. The number of anilines is 1. The van der Waals surface area contributed by atoms with E-state index in [2.05, 4.69) is 15.3 Å². The molecule has 4 bridgehead atoms. The van der Waals surface area contributed by atoms with Crippen LogP contribution in [0.5, 0.6) is 0 Å². The van der Waals surface area contributed by atoms with E-state index >= 15 is 0 Å². The summed E-state index contributed by atoms with van der Waals surface area (Å²) in [4.78, 5) is 33.3. The Morgan fingerprint density at radius 1 is 1.22 bits per heavy atom. The first-order valence-corrected chi connectivity index (χ1v) is 11.0. The van der Waals surface area contributed by atoms with Gasteiger partial charge in [0.25, 0.3) is 0 Å². The van der Waals surface area contributed by atoms with Gasteiger partial charge in [-0.1, -0.05) is 0 Å². The normalized spacial score (nSPS) is 38.2. The van der Waals surface area contributed by atoms with Gasteiger partial charge in [0.2, 0.25) is 11.9 Å². The molecule has 8 nitrogen and oxygen atoms in total. The summed E-state index contributed by atoms with van der Waals surface area (Å²) < 4.78 is 39.2. The first kappa shape index (κ1) is 21.3. The molecule has 0 aromatic carbocycles. The van der Waals surface area contributed by atoms with Crippen molar-refractivity contribution in [2.24, 2.45) is 34.8 Å². The second-order valence-electron chi connectivity index (χ2n) is 9.96. The molecule has 5 fully saturated rings. The van der Waals surface area contributed by atoms with Gasteiger partial charge in [-0.2, -0.15) is 13.2 Å². The van der Waals surface area contributed by atoms with Crippen LogP contribution in [-0.4, -0.2) is 50.6 Å². The highest BCUT2D eigenvalue weighted by atomic mass is 19.4. The van der Waals surface area contributed by atoms with Gasteiger partial charge in [-0.05, 0) is 68.3 Å². The van der Waals surface area contributed by atoms with E-state index in [0.717, 1.165) is 31.5 Å². The predicted molar refractivity (Wildman–Crippen MR) is 106 cm³/mol. The van der Waals surface area contributed by atoms with Crippen molar-refractivity contribution in [2.45, 2.75) is 56.8 Å². The Morgan fingerprint density at radius 2 is 1.91 bits per heavy atom. The van der Waals surface area contributed by atoms with Crippen LogP contribution in [0.4, 0.5) is 23.9 Å². The molecule has 32 heavy (non-hydrogen) atoms. The number of alkyl halides is 3. The van der Waals surface area contributed by atoms with E-state index in [1.807, 2.05) is 0 Å². The summed E-state index contributed by atoms with van der Waals surface area (Å²) >= 11 is 0. The van der Waals surface area contributed by atoms with Gasteiger partial charge in [0.15, 0.2) is 0 Å². The van der Waals surface area contributed by atoms with Gasteiger partial charge in [0.1, 0.15) is 5.69 Å². The average Bonchev–Trinajstić information content (AvgIpc) is 3.10. The van der Waals surface area contributed by atoms with Crippen LogP contribution in [0.2, 0.25) is 0 Å². The minimum atomic E-state index is -4.59. The second-order valence-corrected chi connectivity index (χ2v) is 9.96. The number of nitrogens with zero attached hydrogens (tertiary/aromatic N) is 3. The van der Waals surface area contributed by atoms with Crippen molar-refractivity contribution in [3.8, 4) is 0 Å². The lowest BCUT2D eigenvalue weighted by atomic mass is 9.44. The minimum absolute atomic E-state index is 0.0286. The van der Waals surface area contributed by atoms with Crippen molar-refractivity contribution in [3.05, 3.63) is 18.0 Å². The van der Waals surface area contributed by atoms with Crippen LogP contribution < -0.4 is 11.1 Å². The number of primary amides is 1. The number of nitrogens with one attached hydrogen (secondary N) is 1. The quantitative estimate of drug-likeness (QED) is 0.645. The SMILES string of the molecule is NC(=O)C12CC3CC(C1)C([C@@H]1C(Nc4nccc(C(F)(F)F)n4)CCN1C(=O)O)C(C3)C2. The summed E-state index contributed by atoms with van der Waals surface area (Å²) in [5.41, 5.74) is 4.24. The third kappa shape index (κ3) is 3.36. The summed E-state index contributed by atoms with van der Waals surface area (Å²) in [6.45, 7) is 0.289. The van der Waals surface area contributed by atoms with E-state index in [-0.39, 0.29) is 36.2 Å². The molecule has 4 atom stereocenters. The van der Waals surface area contributed by atoms with Crippen molar-refractivity contribution in [3.63, 3.8) is 0 Å². The number of likely N-dealkylation sites (tertiary alicyclic amines) is 1. The van der Waals surface area contributed by atoms with Gasteiger partial charge in [-0.3, -0.25) is 4.79 Å². The summed E-state index contributed by atoms with van der Waals surface area (Å²) in [5, 5.41) is 12.9. The lowest BCUT2D eigenvalue weighted by Crippen LogP contribution is -2.61. The molecule has 0 radical (unpaired) electrons. The van der Waals surface area contributed by atoms with Crippen LogP contribution in [0, 0.1) is 29.1 Å². The Hall–Kier alpha value is -2.59. The Morgan fingerprint density at radius 3 is 2.50 bits per heavy atom. The Balaban J connectivity index is 1.43. The van der Waals surface area contributed by atoms with Gasteiger partial charge < -0.3 is 21.1 Å². The zero-order valence-corrected chi connectivity index (χ0v) is 17.4. The monoisotopic (exact) mass is 453 g/mol. The van der Waals surface area contributed by atoms with Crippen LogP contribution >= 0.6 is 0 Å². The zero-order valence-electron chi connectivity index (χ0n) is 17.4. The zero-order chi connectivity index (χ0) is 22.8. The third-order valence-electron chi connectivity index (χ3n) is 8.22. The van der Waals surface area contributed by atoms with Crippen LogP contribution in [0.3, 0.4) is 0 Å². The average molecular weight is 453 g/mol. The number of nitrogens with two attached hydrogens (primary N) is 1. The lowest BCUT2D eigenvalue weighted by Gasteiger charge is -2.61. The molecule has 4 aliphatic carbocycles. The standard InChI is InChI=1S/C21H26F3N5O3/c22-21(23,24)14-1-3-26-18(28-14)27-13-2-4-29(19(31)32)16(13)15-11-5-10-6-12(15)9-20(7-10,8-11)17(25)30/h1,3,10-13,15-16H,2,4-9H2,(H2,25,30)(H,31,32)(H,26,27,28)/t10?,11?,12?,13?,15?,16-,20?/m0/s1. The fraction of sp³-hybridized carbons (Fsp3) is 0.714. The molecular weight excluding hydrogens is 427 g/mol. The van der Waals surface area contributed by atoms with Crippen LogP contribution in [0.25, 0.3) is 0 Å². The lowest BCUT2D eigenvalue weighted by molar-refractivity contribution is -0.154. The molecule has 3 unspecified atom stereocenters. The third-order valence-corrected chi connectivity index (χ3v) is 8.22. The van der Waals surface area contributed by atoms with E-state index in [1.165, 1.54) is 4.90 Å². The highest BCUT2D eigenvalue weighted by Crippen LogP contribution is 2.63.